The van der Waals surface area contributed by atoms with E-state index >= 15 is 0 Å². The molecule has 62 valence electrons. The van der Waals surface area contributed by atoms with Gasteiger partial charge in [0.2, 0.25) is 0 Å². The Bertz CT molecular complexity index is 91.4. The summed E-state index contributed by atoms with van der Waals surface area (Å²) < 4.78 is 1.14. The Kier molecular flexibility index (Phi) is 3.57. The molecule has 0 saturated carbocycles. The van der Waals surface area contributed by atoms with E-state index in [1.807, 2.05) is 0 Å². The van der Waals surface area contributed by atoms with Gasteiger partial charge in [0, 0.05) is 0 Å². The van der Waals surface area contributed by atoms with E-state index in [-0.39, 0.29) is 0 Å². The van der Waals surface area contributed by atoms with E-state index in [9.17, 15) is 0 Å². The first-order valence-electron chi connectivity index (χ1n) is 4.15. The summed E-state index contributed by atoms with van der Waals surface area (Å²) in [6.45, 7) is 2.50. The van der Waals surface area contributed by atoms with Gasteiger partial charge in [0.25, 0.3) is 0 Å². The zero-order valence-corrected chi connectivity index (χ0v) is 12.8. The molecule has 0 bridgehead atoms. The first kappa shape index (κ1) is 11.1. The van der Waals surface area contributed by atoms with Crippen LogP contribution in [0.1, 0.15) is 6.92 Å². The fraction of sp³-hybridized carbons (Fsp3) is 1.00. The minimum atomic E-state index is -1.28. The van der Waals surface area contributed by atoms with Crippen LogP contribution in [0.15, 0.2) is 0 Å². The van der Waals surface area contributed by atoms with Gasteiger partial charge in [-0.3, -0.25) is 0 Å². The Labute approximate surface area is 71.5 Å². The summed E-state index contributed by atoms with van der Waals surface area (Å²) in [5.41, 5.74) is 0. The van der Waals surface area contributed by atoms with Crippen molar-refractivity contribution in [2.75, 3.05) is 0 Å². The Morgan fingerprint density at radius 2 is 0.900 bits per heavy atom. The molecule has 0 heterocycles. The van der Waals surface area contributed by atoms with Gasteiger partial charge in [-0.15, -0.1) is 0 Å². The monoisotopic (exact) mass is 266 g/mol. The minimum absolute atomic E-state index is 1.14. The molecule has 0 amide bonds. The van der Waals surface area contributed by atoms with Crippen molar-refractivity contribution < 1.29 is 0 Å². The second-order valence-corrected chi connectivity index (χ2v) is 31.5. The molecule has 0 unspecified atom stereocenters. The molecule has 0 aliphatic heterocycles. The van der Waals surface area contributed by atoms with Gasteiger partial charge in [0.1, 0.15) is 0 Å². The molecule has 0 aromatic rings. The van der Waals surface area contributed by atoms with Crippen LogP contribution < -0.4 is 0 Å². The summed E-state index contributed by atoms with van der Waals surface area (Å²) in [5.74, 6) is 15.3. The SMILES string of the molecule is C[CH]([Ge]([CH3])([CH3])[CH3])[Ge]([CH3])([CH3])[CH3]. The van der Waals surface area contributed by atoms with Gasteiger partial charge in [-0.25, -0.2) is 0 Å². The maximum absolute atomic E-state index is 2.54. The third-order valence-corrected chi connectivity index (χ3v) is 32.4. The van der Waals surface area contributed by atoms with Gasteiger partial charge in [0.05, 0.1) is 0 Å². The van der Waals surface area contributed by atoms with Gasteiger partial charge < -0.3 is 0 Å². The maximum atomic E-state index is 2.54. The van der Waals surface area contributed by atoms with Crippen LogP contribution in [0.5, 0.6) is 0 Å². The Hall–Kier alpha value is 1.09. The standard InChI is InChI=1S/C8H22Ge2/c1-8(9(2,3)4)10(5,6)7/h8H,1-7H3. The molecule has 0 rings (SSSR count). The van der Waals surface area contributed by atoms with Gasteiger partial charge >= 0.3 is 71.6 Å². The predicted molar refractivity (Wildman–Crippen MR) is 56.1 cm³/mol. The first-order valence-corrected chi connectivity index (χ1v) is 19.2. The van der Waals surface area contributed by atoms with Gasteiger partial charge in [-0.05, 0) is 0 Å². The van der Waals surface area contributed by atoms with Crippen LogP contribution in [0.4, 0.5) is 0 Å². The van der Waals surface area contributed by atoms with E-state index in [4.69, 9.17) is 0 Å². The number of hydrogen-bond donors (Lipinski definition) is 0. The third kappa shape index (κ3) is 3.47. The van der Waals surface area contributed by atoms with E-state index in [0.29, 0.717) is 0 Å². The van der Waals surface area contributed by atoms with Crippen molar-refractivity contribution in [3.63, 3.8) is 0 Å². The molecule has 0 aromatic carbocycles. The van der Waals surface area contributed by atoms with Crippen LogP contribution in [0.2, 0.25) is 38.1 Å². The van der Waals surface area contributed by atoms with Crippen molar-refractivity contribution in [1.82, 2.24) is 0 Å². The van der Waals surface area contributed by atoms with Crippen molar-refractivity contribution in [2.45, 2.75) is 45.0 Å². The molecule has 0 aliphatic rings. The van der Waals surface area contributed by atoms with Crippen LogP contribution in [0, 0.1) is 0 Å². The van der Waals surface area contributed by atoms with Crippen LogP contribution >= 0.6 is 0 Å². The molecule has 0 fully saturated rings. The van der Waals surface area contributed by atoms with Crippen LogP contribution in [-0.4, -0.2) is 26.5 Å². The summed E-state index contributed by atoms with van der Waals surface area (Å²) in [6.07, 6.45) is 0. The van der Waals surface area contributed by atoms with E-state index < -0.39 is 26.5 Å². The fourth-order valence-corrected chi connectivity index (χ4v) is 35.1. The van der Waals surface area contributed by atoms with Gasteiger partial charge in [-0.2, -0.15) is 0 Å². The average molecular weight is 263 g/mol. The van der Waals surface area contributed by atoms with Crippen molar-refractivity contribution in [3.8, 4) is 0 Å². The van der Waals surface area contributed by atoms with E-state index in [0.717, 1.165) is 3.58 Å². The molecule has 0 saturated heterocycles. The summed E-state index contributed by atoms with van der Waals surface area (Å²) in [7, 11) is 0. The van der Waals surface area contributed by atoms with E-state index in [2.05, 4.69) is 41.5 Å². The average Bonchev–Trinajstić information content (AvgIpc) is 1.59. The van der Waals surface area contributed by atoms with Crippen LogP contribution in [-0.2, 0) is 0 Å². The molecule has 0 nitrogen and oxygen atoms in total. The third-order valence-electron chi connectivity index (χ3n) is 2.60. The predicted octanol–water partition coefficient (Wildman–Crippen LogP) is 3.59. The molecule has 0 aromatic heterocycles. The van der Waals surface area contributed by atoms with Crippen molar-refractivity contribution in [2.24, 2.45) is 0 Å². The van der Waals surface area contributed by atoms with Crippen LogP contribution in [0.3, 0.4) is 0 Å². The molecule has 0 N–H and O–H groups in total. The normalized spacial score (nSPS) is 14.4. The molecule has 0 aliphatic carbocycles. The summed E-state index contributed by atoms with van der Waals surface area (Å²) >= 11 is -2.56. The zero-order chi connectivity index (χ0) is 8.58. The van der Waals surface area contributed by atoms with Crippen LogP contribution in [0.25, 0.3) is 0 Å². The summed E-state index contributed by atoms with van der Waals surface area (Å²) in [5, 5.41) is 0. The van der Waals surface area contributed by atoms with E-state index in [1.54, 1.807) is 0 Å². The summed E-state index contributed by atoms with van der Waals surface area (Å²) in [6, 6.07) is 0. The molecular formula is C8H22Ge2. The molecule has 10 heavy (non-hydrogen) atoms. The second-order valence-electron chi connectivity index (χ2n) is 5.45. The molecule has 0 radical (unpaired) electrons. The number of hydrogen-bond acceptors (Lipinski definition) is 0. The Morgan fingerprint density at radius 3 is 0.900 bits per heavy atom. The Morgan fingerprint density at radius 1 is 0.700 bits per heavy atom. The summed E-state index contributed by atoms with van der Waals surface area (Å²) in [4.78, 5) is 0. The van der Waals surface area contributed by atoms with Crippen molar-refractivity contribution >= 4 is 26.5 Å². The van der Waals surface area contributed by atoms with Crippen molar-refractivity contribution in [3.05, 3.63) is 0 Å². The van der Waals surface area contributed by atoms with E-state index in [1.165, 1.54) is 0 Å². The zero-order valence-electron chi connectivity index (χ0n) is 8.58. The van der Waals surface area contributed by atoms with Gasteiger partial charge in [0.15, 0.2) is 0 Å². The first-order chi connectivity index (χ1) is 4.15. The second kappa shape index (κ2) is 3.22. The molecule has 2 heteroatoms. The Balaban J connectivity index is 4.23. The van der Waals surface area contributed by atoms with Gasteiger partial charge in [-0.1, -0.05) is 0 Å². The quantitative estimate of drug-likeness (QED) is 0.668. The molecule has 0 spiro atoms. The topological polar surface area (TPSA) is 0 Å². The fourth-order valence-electron chi connectivity index (χ4n) is 1.30. The number of rotatable bonds is 2. The molecule has 0 atom stereocenters. The molecular weight excluding hydrogens is 241 g/mol. The van der Waals surface area contributed by atoms with Crippen molar-refractivity contribution in [1.29, 1.82) is 0 Å².